The minimum Gasteiger partial charge on any atom is -0.394 e. The van der Waals surface area contributed by atoms with Crippen LogP contribution in [0.2, 0.25) is 0 Å². The monoisotopic (exact) mass is 244 g/mol. The summed E-state index contributed by atoms with van der Waals surface area (Å²) in [5.74, 6) is -0.0394. The first-order valence-electron chi connectivity index (χ1n) is 4.19. The van der Waals surface area contributed by atoms with E-state index in [0.29, 0.717) is 0 Å². The van der Waals surface area contributed by atoms with Crippen molar-refractivity contribution in [2.75, 3.05) is 6.61 Å². The third kappa shape index (κ3) is 2.79. The number of halogens is 1. The van der Waals surface area contributed by atoms with E-state index in [-0.39, 0.29) is 12.5 Å². The van der Waals surface area contributed by atoms with Gasteiger partial charge < -0.3 is 10.2 Å². The molecule has 2 N–H and O–H groups in total. The summed E-state index contributed by atoms with van der Waals surface area (Å²) in [5.41, 5.74) is 1.02. The molecular formula is C10H13BrO2. The molecule has 0 aliphatic heterocycles. The lowest BCUT2D eigenvalue weighted by atomic mass is 9.96. The number of hydrogen-bond acceptors (Lipinski definition) is 2. The van der Waals surface area contributed by atoms with Crippen molar-refractivity contribution in [2.45, 2.75) is 18.9 Å². The van der Waals surface area contributed by atoms with Crippen molar-refractivity contribution in [1.82, 2.24) is 0 Å². The number of hydrogen-bond donors (Lipinski definition) is 2. The molecule has 0 radical (unpaired) electrons. The molecule has 0 aliphatic rings. The molecule has 0 spiro atoms. The summed E-state index contributed by atoms with van der Waals surface area (Å²) in [6.45, 7) is 1.69. The summed E-state index contributed by atoms with van der Waals surface area (Å²) < 4.78 is 0.988. The summed E-state index contributed by atoms with van der Waals surface area (Å²) in [5, 5.41) is 18.2. The van der Waals surface area contributed by atoms with E-state index in [1.165, 1.54) is 0 Å². The molecule has 72 valence electrons. The van der Waals surface area contributed by atoms with Gasteiger partial charge >= 0.3 is 0 Å². The standard InChI is InChI=1S/C10H13BrO2/c1-7(10(13)6-12)8-3-2-4-9(11)5-8/h2-5,7,10,12-13H,6H2,1H3/t7-,10-/m0/s1. The SMILES string of the molecule is C[C@@H](c1cccc(Br)c1)[C@@H](O)CO. The van der Waals surface area contributed by atoms with Gasteiger partial charge in [-0.2, -0.15) is 0 Å². The maximum Gasteiger partial charge on any atom is 0.0836 e. The predicted molar refractivity (Wildman–Crippen MR) is 55.6 cm³/mol. The predicted octanol–water partition coefficient (Wildman–Crippen LogP) is 1.91. The number of rotatable bonds is 3. The van der Waals surface area contributed by atoms with Gasteiger partial charge in [-0.3, -0.25) is 0 Å². The second-order valence-corrected chi connectivity index (χ2v) is 4.01. The first kappa shape index (κ1) is 10.7. The Kier molecular flexibility index (Phi) is 3.90. The van der Waals surface area contributed by atoms with Gasteiger partial charge in [-0.1, -0.05) is 35.0 Å². The smallest absolute Gasteiger partial charge is 0.0836 e. The zero-order valence-corrected chi connectivity index (χ0v) is 9.03. The van der Waals surface area contributed by atoms with Crippen molar-refractivity contribution in [3.05, 3.63) is 34.3 Å². The van der Waals surface area contributed by atoms with Gasteiger partial charge in [0.25, 0.3) is 0 Å². The Hall–Kier alpha value is -0.380. The first-order valence-corrected chi connectivity index (χ1v) is 4.99. The Morgan fingerprint density at radius 2 is 2.15 bits per heavy atom. The molecule has 0 amide bonds. The fourth-order valence-electron chi connectivity index (χ4n) is 1.17. The molecule has 0 heterocycles. The summed E-state index contributed by atoms with van der Waals surface area (Å²) in [6, 6.07) is 7.74. The highest BCUT2D eigenvalue weighted by Gasteiger charge is 2.14. The van der Waals surface area contributed by atoms with Crippen LogP contribution in [-0.4, -0.2) is 22.9 Å². The van der Waals surface area contributed by atoms with Gasteiger partial charge in [0.15, 0.2) is 0 Å². The highest BCUT2D eigenvalue weighted by molar-refractivity contribution is 9.10. The lowest BCUT2D eigenvalue weighted by molar-refractivity contribution is 0.0772. The maximum atomic E-state index is 9.41. The van der Waals surface area contributed by atoms with E-state index in [1.807, 2.05) is 31.2 Å². The number of benzene rings is 1. The summed E-state index contributed by atoms with van der Waals surface area (Å²) in [7, 11) is 0. The fourth-order valence-corrected chi connectivity index (χ4v) is 1.59. The Morgan fingerprint density at radius 1 is 1.46 bits per heavy atom. The van der Waals surface area contributed by atoms with E-state index in [2.05, 4.69) is 15.9 Å². The second kappa shape index (κ2) is 4.74. The van der Waals surface area contributed by atoms with Crippen LogP contribution in [0.5, 0.6) is 0 Å². The van der Waals surface area contributed by atoms with Gasteiger partial charge in [0.05, 0.1) is 12.7 Å². The molecule has 0 unspecified atom stereocenters. The van der Waals surface area contributed by atoms with Gasteiger partial charge in [-0.05, 0) is 17.7 Å². The molecule has 0 aromatic heterocycles. The van der Waals surface area contributed by atoms with E-state index >= 15 is 0 Å². The number of aliphatic hydroxyl groups is 2. The summed E-state index contributed by atoms with van der Waals surface area (Å²) in [4.78, 5) is 0. The molecule has 1 rings (SSSR count). The molecule has 0 saturated heterocycles. The highest BCUT2D eigenvalue weighted by Crippen LogP contribution is 2.22. The molecule has 0 fully saturated rings. The molecule has 2 nitrogen and oxygen atoms in total. The van der Waals surface area contributed by atoms with Crippen LogP contribution in [0.15, 0.2) is 28.7 Å². The van der Waals surface area contributed by atoms with E-state index in [9.17, 15) is 5.11 Å². The fraction of sp³-hybridized carbons (Fsp3) is 0.400. The van der Waals surface area contributed by atoms with Crippen LogP contribution in [0.25, 0.3) is 0 Å². The molecule has 0 saturated carbocycles. The molecule has 0 aliphatic carbocycles. The van der Waals surface area contributed by atoms with Crippen LogP contribution in [0.4, 0.5) is 0 Å². The van der Waals surface area contributed by atoms with E-state index in [0.717, 1.165) is 10.0 Å². The lowest BCUT2D eigenvalue weighted by Gasteiger charge is -2.16. The zero-order chi connectivity index (χ0) is 9.84. The maximum absolute atomic E-state index is 9.41. The molecule has 2 atom stereocenters. The average molecular weight is 245 g/mol. The van der Waals surface area contributed by atoms with Crippen molar-refractivity contribution >= 4 is 15.9 Å². The molecular weight excluding hydrogens is 232 g/mol. The third-order valence-corrected chi connectivity index (χ3v) is 2.63. The normalized spacial score (nSPS) is 15.4. The Bertz CT molecular complexity index is 275. The summed E-state index contributed by atoms with van der Waals surface area (Å²) in [6.07, 6.45) is -0.686. The highest BCUT2D eigenvalue weighted by atomic mass is 79.9. The van der Waals surface area contributed by atoms with Crippen LogP contribution in [-0.2, 0) is 0 Å². The lowest BCUT2D eigenvalue weighted by Crippen LogP contribution is -2.19. The van der Waals surface area contributed by atoms with Crippen LogP contribution >= 0.6 is 15.9 Å². The van der Waals surface area contributed by atoms with Gasteiger partial charge in [-0.15, -0.1) is 0 Å². The third-order valence-electron chi connectivity index (χ3n) is 2.14. The van der Waals surface area contributed by atoms with Gasteiger partial charge in [-0.25, -0.2) is 0 Å². The molecule has 1 aromatic rings. The molecule has 0 bridgehead atoms. The van der Waals surface area contributed by atoms with Crippen molar-refractivity contribution < 1.29 is 10.2 Å². The van der Waals surface area contributed by atoms with E-state index < -0.39 is 6.10 Å². The minimum absolute atomic E-state index is 0.0394. The van der Waals surface area contributed by atoms with Crippen molar-refractivity contribution in [2.24, 2.45) is 0 Å². The van der Waals surface area contributed by atoms with Crippen LogP contribution in [0.3, 0.4) is 0 Å². The molecule has 3 heteroatoms. The van der Waals surface area contributed by atoms with Crippen LogP contribution in [0, 0.1) is 0 Å². The van der Waals surface area contributed by atoms with E-state index in [1.54, 1.807) is 0 Å². The number of aliphatic hydroxyl groups excluding tert-OH is 2. The van der Waals surface area contributed by atoms with Crippen molar-refractivity contribution in [1.29, 1.82) is 0 Å². The molecule has 13 heavy (non-hydrogen) atoms. The first-order chi connectivity index (χ1) is 6.15. The Morgan fingerprint density at radius 3 is 2.69 bits per heavy atom. The molecule has 1 aromatic carbocycles. The van der Waals surface area contributed by atoms with Gasteiger partial charge in [0.2, 0.25) is 0 Å². The van der Waals surface area contributed by atoms with Crippen molar-refractivity contribution in [3.63, 3.8) is 0 Å². The van der Waals surface area contributed by atoms with Crippen LogP contribution < -0.4 is 0 Å². The Labute approximate surface area is 86.3 Å². The van der Waals surface area contributed by atoms with Gasteiger partial charge in [0.1, 0.15) is 0 Å². The average Bonchev–Trinajstić information content (AvgIpc) is 2.15. The minimum atomic E-state index is -0.686. The summed E-state index contributed by atoms with van der Waals surface area (Å²) >= 11 is 3.36. The van der Waals surface area contributed by atoms with E-state index in [4.69, 9.17) is 5.11 Å². The Balaban J connectivity index is 2.82. The van der Waals surface area contributed by atoms with Crippen molar-refractivity contribution in [3.8, 4) is 0 Å². The zero-order valence-electron chi connectivity index (χ0n) is 7.44. The van der Waals surface area contributed by atoms with Crippen LogP contribution in [0.1, 0.15) is 18.4 Å². The second-order valence-electron chi connectivity index (χ2n) is 3.09. The largest absolute Gasteiger partial charge is 0.394 e. The van der Waals surface area contributed by atoms with Gasteiger partial charge in [0, 0.05) is 10.4 Å². The quantitative estimate of drug-likeness (QED) is 0.853. The topological polar surface area (TPSA) is 40.5 Å².